The van der Waals surface area contributed by atoms with E-state index in [1.807, 2.05) is 42.5 Å². The first kappa shape index (κ1) is 21.1. The van der Waals surface area contributed by atoms with Crippen molar-refractivity contribution in [2.75, 3.05) is 4.90 Å². The van der Waals surface area contributed by atoms with Crippen molar-refractivity contribution in [2.24, 2.45) is 0 Å². The van der Waals surface area contributed by atoms with Crippen LogP contribution in [0, 0.1) is 0 Å². The van der Waals surface area contributed by atoms with Crippen molar-refractivity contribution in [2.45, 2.75) is 30.5 Å². The fourth-order valence-corrected chi connectivity index (χ4v) is 5.16. The zero-order valence-electron chi connectivity index (χ0n) is 17.1. The summed E-state index contributed by atoms with van der Waals surface area (Å²) in [5.74, 6) is -0.328. The smallest absolute Gasteiger partial charge is 0.260 e. The summed E-state index contributed by atoms with van der Waals surface area (Å²) in [5.41, 5.74) is 1.80. The Balaban J connectivity index is 1.77. The van der Waals surface area contributed by atoms with Crippen LogP contribution in [-0.4, -0.2) is 29.5 Å². The lowest BCUT2D eigenvalue weighted by molar-refractivity contribution is 0.0984. The maximum Gasteiger partial charge on any atom is 0.260 e. The Morgan fingerprint density at radius 2 is 1.81 bits per heavy atom. The minimum atomic E-state index is -3.50. The van der Waals surface area contributed by atoms with Crippen molar-refractivity contribution in [1.82, 2.24) is 9.97 Å². The molecular weight excluding hydrogens is 430 g/mol. The molecule has 0 unspecified atom stereocenters. The van der Waals surface area contributed by atoms with Crippen molar-refractivity contribution < 1.29 is 13.2 Å². The molecule has 0 aliphatic carbocycles. The number of amides is 1. The normalized spacial score (nSPS) is 11.7. The van der Waals surface area contributed by atoms with Gasteiger partial charge in [0.1, 0.15) is 0 Å². The molecule has 2 heterocycles. The number of hydrogen-bond acceptors (Lipinski definition) is 6. The predicted molar refractivity (Wildman–Crippen MR) is 123 cm³/mol. The molecule has 2 aromatic heterocycles. The van der Waals surface area contributed by atoms with E-state index in [4.69, 9.17) is 0 Å². The van der Waals surface area contributed by atoms with Crippen LogP contribution in [0.25, 0.3) is 10.2 Å². The third-order valence-electron chi connectivity index (χ3n) is 4.84. The van der Waals surface area contributed by atoms with Gasteiger partial charge in [0, 0.05) is 11.8 Å². The van der Waals surface area contributed by atoms with E-state index in [1.54, 1.807) is 37.1 Å². The number of aromatic nitrogens is 2. The predicted octanol–water partition coefficient (Wildman–Crippen LogP) is 4.72. The van der Waals surface area contributed by atoms with Crippen molar-refractivity contribution in [3.8, 4) is 0 Å². The summed E-state index contributed by atoms with van der Waals surface area (Å²) in [6.45, 7) is 3.47. The van der Waals surface area contributed by atoms with Crippen molar-refractivity contribution in [3.63, 3.8) is 0 Å². The molecule has 6 nitrogen and oxygen atoms in total. The lowest BCUT2D eigenvalue weighted by Gasteiger charge is -2.20. The fraction of sp³-hybridized carbons (Fsp3) is 0.174. The molecule has 0 fully saturated rings. The van der Waals surface area contributed by atoms with Gasteiger partial charge >= 0.3 is 0 Å². The zero-order chi connectivity index (χ0) is 22.0. The molecule has 0 radical (unpaired) electrons. The summed E-state index contributed by atoms with van der Waals surface area (Å²) in [4.78, 5) is 24.2. The molecule has 4 aromatic rings. The standard InChI is InChI=1S/C23H21N3O3S2/c1-16(2)31(28,29)19-10-7-8-17(14-19)22(27)26(15-18-9-5-6-13-24-18)23-25-20-11-3-4-12-21(20)30-23/h3-14,16H,15H2,1-2H3. The third kappa shape index (κ3) is 4.35. The van der Waals surface area contributed by atoms with E-state index in [-0.39, 0.29) is 22.9 Å². The summed E-state index contributed by atoms with van der Waals surface area (Å²) in [7, 11) is -3.50. The molecule has 8 heteroatoms. The van der Waals surface area contributed by atoms with Crippen LogP contribution >= 0.6 is 11.3 Å². The maximum atomic E-state index is 13.5. The number of hydrogen-bond donors (Lipinski definition) is 0. The van der Waals surface area contributed by atoms with E-state index >= 15 is 0 Å². The fourth-order valence-electron chi connectivity index (χ4n) is 3.09. The lowest BCUT2D eigenvalue weighted by atomic mass is 10.2. The molecule has 0 N–H and O–H groups in total. The molecule has 31 heavy (non-hydrogen) atoms. The Bertz CT molecular complexity index is 1300. The number of rotatable bonds is 6. The van der Waals surface area contributed by atoms with E-state index < -0.39 is 15.1 Å². The Morgan fingerprint density at radius 1 is 1.03 bits per heavy atom. The number of anilines is 1. The topological polar surface area (TPSA) is 80.2 Å². The summed E-state index contributed by atoms with van der Waals surface area (Å²) < 4.78 is 26.2. The van der Waals surface area contributed by atoms with E-state index in [9.17, 15) is 13.2 Å². The van der Waals surface area contributed by atoms with Crippen LogP contribution in [0.2, 0.25) is 0 Å². The summed E-state index contributed by atoms with van der Waals surface area (Å²) >= 11 is 1.41. The molecule has 0 aliphatic rings. The number of thiazole rings is 1. The highest BCUT2D eigenvalue weighted by atomic mass is 32.2. The van der Waals surface area contributed by atoms with Gasteiger partial charge in [0.05, 0.1) is 32.6 Å². The molecule has 2 aromatic carbocycles. The SMILES string of the molecule is CC(C)S(=O)(=O)c1cccc(C(=O)N(Cc2ccccn2)c2nc3ccccc3s2)c1. The number of carbonyl (C=O) groups is 1. The number of pyridine rings is 1. The summed E-state index contributed by atoms with van der Waals surface area (Å²) in [6.07, 6.45) is 1.67. The summed E-state index contributed by atoms with van der Waals surface area (Å²) in [6, 6.07) is 19.4. The largest absolute Gasteiger partial charge is 0.278 e. The highest BCUT2D eigenvalue weighted by molar-refractivity contribution is 7.92. The number of para-hydroxylation sites is 1. The van der Waals surface area contributed by atoms with Crippen LogP contribution in [0.4, 0.5) is 5.13 Å². The van der Waals surface area contributed by atoms with Crippen molar-refractivity contribution >= 4 is 42.4 Å². The van der Waals surface area contributed by atoms with Crippen LogP contribution in [0.1, 0.15) is 29.9 Å². The molecule has 0 bridgehead atoms. The number of benzene rings is 2. The Morgan fingerprint density at radius 3 is 2.52 bits per heavy atom. The van der Waals surface area contributed by atoms with E-state index in [0.29, 0.717) is 10.8 Å². The van der Waals surface area contributed by atoms with Gasteiger partial charge in [-0.05, 0) is 56.3 Å². The van der Waals surface area contributed by atoms with Crippen LogP contribution in [0.5, 0.6) is 0 Å². The van der Waals surface area contributed by atoms with Gasteiger partial charge in [-0.25, -0.2) is 13.4 Å². The zero-order valence-corrected chi connectivity index (χ0v) is 18.7. The number of sulfone groups is 1. The number of carbonyl (C=O) groups excluding carboxylic acids is 1. The molecule has 0 atom stereocenters. The van der Waals surface area contributed by atoms with Gasteiger partial charge in [-0.3, -0.25) is 14.7 Å². The molecule has 0 saturated heterocycles. The van der Waals surface area contributed by atoms with Gasteiger partial charge in [0.15, 0.2) is 15.0 Å². The number of fused-ring (bicyclic) bond motifs is 1. The van der Waals surface area contributed by atoms with Gasteiger partial charge in [0.2, 0.25) is 0 Å². The Hall–Kier alpha value is -3.10. The minimum absolute atomic E-state index is 0.135. The van der Waals surface area contributed by atoms with Gasteiger partial charge in [-0.1, -0.05) is 35.6 Å². The van der Waals surface area contributed by atoms with E-state index in [0.717, 1.165) is 10.2 Å². The van der Waals surface area contributed by atoms with Gasteiger partial charge in [-0.2, -0.15) is 0 Å². The minimum Gasteiger partial charge on any atom is -0.278 e. The average Bonchev–Trinajstić information content (AvgIpc) is 3.21. The van der Waals surface area contributed by atoms with Crippen LogP contribution < -0.4 is 4.90 Å². The average molecular weight is 452 g/mol. The monoisotopic (exact) mass is 451 g/mol. The highest BCUT2D eigenvalue weighted by Gasteiger charge is 2.25. The first-order chi connectivity index (χ1) is 14.9. The molecular formula is C23H21N3O3S2. The summed E-state index contributed by atoms with van der Waals surface area (Å²) in [5, 5.41) is -0.0410. The second kappa shape index (κ2) is 8.56. The van der Waals surface area contributed by atoms with Crippen LogP contribution in [0.15, 0.2) is 77.8 Å². The molecule has 158 valence electrons. The highest BCUT2D eigenvalue weighted by Crippen LogP contribution is 2.31. The van der Waals surface area contributed by atoms with Crippen LogP contribution in [-0.2, 0) is 16.4 Å². The first-order valence-electron chi connectivity index (χ1n) is 9.77. The molecule has 0 aliphatic heterocycles. The molecule has 4 rings (SSSR count). The molecule has 0 saturated carbocycles. The second-order valence-corrected chi connectivity index (χ2v) is 10.8. The first-order valence-corrected chi connectivity index (χ1v) is 12.1. The van der Waals surface area contributed by atoms with Gasteiger partial charge < -0.3 is 0 Å². The third-order valence-corrected chi connectivity index (χ3v) is 8.05. The molecule has 0 spiro atoms. The maximum absolute atomic E-state index is 13.5. The van der Waals surface area contributed by atoms with Gasteiger partial charge in [-0.15, -0.1) is 0 Å². The van der Waals surface area contributed by atoms with Crippen molar-refractivity contribution in [1.29, 1.82) is 0 Å². The van der Waals surface area contributed by atoms with E-state index in [2.05, 4.69) is 9.97 Å². The second-order valence-electron chi connectivity index (χ2n) is 7.30. The van der Waals surface area contributed by atoms with Crippen molar-refractivity contribution in [3.05, 3.63) is 84.2 Å². The Labute approximate surface area is 185 Å². The van der Waals surface area contributed by atoms with Crippen LogP contribution in [0.3, 0.4) is 0 Å². The Kier molecular flexibility index (Phi) is 5.84. The van der Waals surface area contributed by atoms with E-state index in [1.165, 1.54) is 23.5 Å². The molecule has 1 amide bonds. The van der Waals surface area contributed by atoms with Gasteiger partial charge in [0.25, 0.3) is 5.91 Å². The lowest BCUT2D eigenvalue weighted by Crippen LogP contribution is -2.31. The quantitative estimate of drug-likeness (QED) is 0.424. The number of nitrogens with zero attached hydrogens (tertiary/aromatic N) is 3.